The Balaban J connectivity index is 0.00000264. The fourth-order valence-corrected chi connectivity index (χ4v) is 2.68. The fraction of sp³-hybridized carbons (Fsp3) is 0.533. The molecule has 0 radical (unpaired) electrons. The first kappa shape index (κ1) is 19.2. The number of rotatable bonds is 6. The van der Waals surface area contributed by atoms with Gasteiger partial charge in [-0.2, -0.15) is 0 Å². The number of likely N-dealkylation sites (N-methyl/N-ethyl adjacent to an activating group) is 1. The normalized spacial score (nSPS) is 17.3. The summed E-state index contributed by atoms with van der Waals surface area (Å²) < 4.78 is 0. The van der Waals surface area contributed by atoms with Crippen molar-refractivity contribution in [2.75, 3.05) is 32.0 Å². The van der Waals surface area contributed by atoms with Crippen LogP contribution in [-0.4, -0.2) is 48.5 Å². The molecule has 8 heteroatoms. The number of hydrogen-bond acceptors (Lipinski definition) is 5. The van der Waals surface area contributed by atoms with E-state index in [-0.39, 0.29) is 24.0 Å². The van der Waals surface area contributed by atoms with Gasteiger partial charge >= 0.3 is 0 Å². The number of nitrogens with zero attached hydrogens (tertiary/aromatic N) is 2. The van der Waals surface area contributed by atoms with Gasteiger partial charge in [0.2, 0.25) is 5.91 Å². The lowest BCUT2D eigenvalue weighted by atomic mass is 10.1. The molecule has 0 bridgehead atoms. The monoisotopic (exact) mass is 342 g/mol. The van der Waals surface area contributed by atoms with Crippen LogP contribution in [0, 0.1) is 10.1 Å². The van der Waals surface area contributed by atoms with Crippen molar-refractivity contribution >= 4 is 29.7 Å². The predicted molar refractivity (Wildman–Crippen MR) is 92.1 cm³/mol. The summed E-state index contributed by atoms with van der Waals surface area (Å²) in [6.45, 7) is 1.92. The maximum atomic E-state index is 12.2. The molecule has 1 atom stereocenters. The number of para-hydroxylation sites is 2. The summed E-state index contributed by atoms with van der Waals surface area (Å²) >= 11 is 0. The first-order valence-electron chi connectivity index (χ1n) is 7.54. The Kier molecular flexibility index (Phi) is 7.77. The summed E-state index contributed by atoms with van der Waals surface area (Å²) in [5.41, 5.74) is 0.482. The average molecular weight is 343 g/mol. The Bertz CT molecular complexity index is 541. The highest BCUT2D eigenvalue weighted by Gasteiger charge is 2.22. The number of nitro benzene ring substituents is 1. The van der Waals surface area contributed by atoms with E-state index in [0.717, 1.165) is 25.9 Å². The minimum absolute atomic E-state index is 0. The zero-order chi connectivity index (χ0) is 15.9. The van der Waals surface area contributed by atoms with E-state index in [1.807, 2.05) is 11.9 Å². The number of carbonyl (C=O) groups excluding carboxylic acids is 1. The average Bonchev–Trinajstić information content (AvgIpc) is 2.55. The lowest BCUT2D eigenvalue weighted by Gasteiger charge is -2.32. The molecule has 2 N–H and O–H groups in total. The molecule has 128 valence electrons. The summed E-state index contributed by atoms with van der Waals surface area (Å²) in [7, 11) is 1.91. The number of likely N-dealkylation sites (tertiary alicyclic amines) is 1. The molecule has 1 aliphatic rings. The van der Waals surface area contributed by atoms with Crippen LogP contribution in [0.3, 0.4) is 0 Å². The second-order valence-electron chi connectivity index (χ2n) is 5.42. The van der Waals surface area contributed by atoms with Crippen LogP contribution in [0.1, 0.15) is 19.3 Å². The maximum absolute atomic E-state index is 12.2. The van der Waals surface area contributed by atoms with Crippen molar-refractivity contribution in [2.45, 2.75) is 25.3 Å². The van der Waals surface area contributed by atoms with E-state index in [9.17, 15) is 14.9 Å². The molecule has 1 saturated heterocycles. The number of piperidine rings is 1. The first-order valence-corrected chi connectivity index (χ1v) is 7.54. The summed E-state index contributed by atoms with van der Waals surface area (Å²) in [4.78, 5) is 24.6. The van der Waals surface area contributed by atoms with Gasteiger partial charge in [0.25, 0.3) is 5.69 Å². The summed E-state index contributed by atoms with van der Waals surface area (Å²) in [5.74, 6) is 0.0889. The Morgan fingerprint density at radius 2 is 2.17 bits per heavy atom. The first-order chi connectivity index (χ1) is 10.6. The van der Waals surface area contributed by atoms with Crippen LogP contribution in [-0.2, 0) is 4.79 Å². The Hall–Kier alpha value is -1.86. The van der Waals surface area contributed by atoms with E-state index in [1.54, 1.807) is 18.2 Å². The molecule has 1 unspecified atom stereocenters. The van der Waals surface area contributed by atoms with Crippen molar-refractivity contribution in [1.82, 2.24) is 10.2 Å². The molecule has 1 aromatic rings. The lowest BCUT2D eigenvalue weighted by Crippen LogP contribution is -2.47. The molecule has 1 fully saturated rings. The molecule has 0 saturated carbocycles. The zero-order valence-electron chi connectivity index (χ0n) is 13.2. The Morgan fingerprint density at radius 3 is 2.87 bits per heavy atom. The third-order valence-corrected chi connectivity index (χ3v) is 3.94. The number of nitro groups is 1. The minimum atomic E-state index is -0.424. The number of benzene rings is 1. The molecule has 23 heavy (non-hydrogen) atoms. The van der Waals surface area contributed by atoms with Gasteiger partial charge in [-0.1, -0.05) is 12.1 Å². The molecule has 0 aliphatic carbocycles. The van der Waals surface area contributed by atoms with Crippen molar-refractivity contribution in [3.63, 3.8) is 0 Å². The van der Waals surface area contributed by atoms with Crippen LogP contribution < -0.4 is 10.6 Å². The standard InChI is InChI=1S/C15H22N4O3.ClH/c1-16-12-5-4-10-18(11-12)15(20)8-9-17-13-6-2-3-7-14(13)19(21)22;/h2-3,6-7,12,16-17H,4-5,8-11H2,1H3;1H. The second kappa shape index (κ2) is 9.32. The molecule has 1 aromatic carbocycles. The zero-order valence-corrected chi connectivity index (χ0v) is 14.0. The Labute approximate surface area is 142 Å². The molecule has 1 heterocycles. The minimum Gasteiger partial charge on any atom is -0.379 e. The van der Waals surface area contributed by atoms with Crippen molar-refractivity contribution in [3.8, 4) is 0 Å². The van der Waals surface area contributed by atoms with Crippen LogP contribution >= 0.6 is 12.4 Å². The number of amides is 1. The number of anilines is 1. The highest BCUT2D eigenvalue weighted by atomic mass is 35.5. The Morgan fingerprint density at radius 1 is 1.43 bits per heavy atom. The third kappa shape index (κ3) is 5.37. The maximum Gasteiger partial charge on any atom is 0.292 e. The van der Waals surface area contributed by atoms with Gasteiger partial charge in [-0.25, -0.2) is 0 Å². The molecular formula is C15H23ClN4O3. The molecule has 0 spiro atoms. The number of nitrogens with one attached hydrogen (secondary N) is 2. The fourth-order valence-electron chi connectivity index (χ4n) is 2.68. The van der Waals surface area contributed by atoms with E-state index in [2.05, 4.69) is 10.6 Å². The van der Waals surface area contributed by atoms with Crippen molar-refractivity contribution < 1.29 is 9.72 Å². The molecule has 2 rings (SSSR count). The van der Waals surface area contributed by atoms with Gasteiger partial charge < -0.3 is 15.5 Å². The van der Waals surface area contributed by atoms with Crippen LogP contribution in [0.5, 0.6) is 0 Å². The van der Waals surface area contributed by atoms with Gasteiger partial charge in [0, 0.05) is 38.2 Å². The predicted octanol–water partition coefficient (Wildman–Crippen LogP) is 2.03. The summed E-state index contributed by atoms with van der Waals surface area (Å²) in [6, 6.07) is 6.83. The molecule has 1 amide bonds. The van der Waals surface area contributed by atoms with Crippen LogP contribution in [0.15, 0.2) is 24.3 Å². The smallest absolute Gasteiger partial charge is 0.292 e. The highest BCUT2D eigenvalue weighted by molar-refractivity contribution is 5.85. The van der Waals surface area contributed by atoms with Gasteiger partial charge in [0.15, 0.2) is 0 Å². The van der Waals surface area contributed by atoms with E-state index in [0.29, 0.717) is 24.7 Å². The van der Waals surface area contributed by atoms with Crippen LogP contribution in [0.4, 0.5) is 11.4 Å². The van der Waals surface area contributed by atoms with E-state index >= 15 is 0 Å². The molecule has 0 aromatic heterocycles. The quantitative estimate of drug-likeness (QED) is 0.610. The number of hydrogen-bond donors (Lipinski definition) is 2. The van der Waals surface area contributed by atoms with Gasteiger partial charge in [-0.3, -0.25) is 14.9 Å². The van der Waals surface area contributed by atoms with Crippen molar-refractivity contribution in [1.29, 1.82) is 0 Å². The van der Waals surface area contributed by atoms with E-state index < -0.39 is 4.92 Å². The molecular weight excluding hydrogens is 320 g/mol. The second-order valence-corrected chi connectivity index (χ2v) is 5.42. The number of halogens is 1. The van der Waals surface area contributed by atoms with Crippen molar-refractivity contribution in [3.05, 3.63) is 34.4 Å². The summed E-state index contributed by atoms with van der Waals surface area (Å²) in [5, 5.41) is 17.1. The SMILES string of the molecule is CNC1CCCN(C(=O)CCNc2ccccc2[N+](=O)[O-])C1.Cl. The van der Waals surface area contributed by atoms with Gasteiger partial charge in [0.1, 0.15) is 5.69 Å². The van der Waals surface area contributed by atoms with Gasteiger partial charge in [0.05, 0.1) is 4.92 Å². The van der Waals surface area contributed by atoms with E-state index in [1.165, 1.54) is 6.07 Å². The highest BCUT2D eigenvalue weighted by Crippen LogP contribution is 2.23. The summed E-state index contributed by atoms with van der Waals surface area (Å²) in [6.07, 6.45) is 2.44. The largest absolute Gasteiger partial charge is 0.379 e. The van der Waals surface area contributed by atoms with Crippen LogP contribution in [0.2, 0.25) is 0 Å². The van der Waals surface area contributed by atoms with Crippen molar-refractivity contribution in [2.24, 2.45) is 0 Å². The molecule has 1 aliphatic heterocycles. The third-order valence-electron chi connectivity index (χ3n) is 3.94. The van der Waals surface area contributed by atoms with E-state index in [4.69, 9.17) is 0 Å². The van der Waals surface area contributed by atoms with Gasteiger partial charge in [-0.05, 0) is 26.0 Å². The number of carbonyl (C=O) groups is 1. The topological polar surface area (TPSA) is 87.5 Å². The lowest BCUT2D eigenvalue weighted by molar-refractivity contribution is -0.384. The molecule has 7 nitrogen and oxygen atoms in total. The van der Waals surface area contributed by atoms with Crippen LogP contribution in [0.25, 0.3) is 0 Å². The van der Waals surface area contributed by atoms with Gasteiger partial charge in [-0.15, -0.1) is 12.4 Å².